The van der Waals surface area contributed by atoms with Crippen molar-refractivity contribution in [1.29, 1.82) is 0 Å². The highest BCUT2D eigenvalue weighted by atomic mass is 16.5. The zero-order valence-electron chi connectivity index (χ0n) is 15.3. The molecule has 7 heteroatoms. The Labute approximate surface area is 152 Å². The van der Waals surface area contributed by atoms with E-state index in [4.69, 9.17) is 4.74 Å². The number of benzene rings is 1. The van der Waals surface area contributed by atoms with Crippen LogP contribution in [0.2, 0.25) is 0 Å². The molecule has 1 unspecified atom stereocenters. The Balaban J connectivity index is 1.68. The molecule has 1 atom stereocenters. The predicted octanol–water partition coefficient (Wildman–Crippen LogP) is 2.85. The van der Waals surface area contributed by atoms with Gasteiger partial charge in [-0.1, -0.05) is 6.07 Å². The minimum absolute atomic E-state index is 0.171. The van der Waals surface area contributed by atoms with E-state index >= 15 is 0 Å². The minimum atomic E-state index is -0.179. The van der Waals surface area contributed by atoms with E-state index < -0.39 is 0 Å². The Morgan fingerprint density at radius 3 is 3.00 bits per heavy atom. The second kappa shape index (κ2) is 6.57. The van der Waals surface area contributed by atoms with Crippen molar-refractivity contribution in [2.75, 3.05) is 18.5 Å². The maximum absolute atomic E-state index is 13.0. The molecule has 0 bridgehead atoms. The summed E-state index contributed by atoms with van der Waals surface area (Å²) in [5.41, 5.74) is 4.44. The molecule has 1 aromatic carbocycles. The lowest BCUT2D eigenvalue weighted by molar-refractivity contribution is 0.102. The van der Waals surface area contributed by atoms with Crippen LogP contribution in [-0.4, -0.2) is 38.5 Å². The molecule has 26 heavy (non-hydrogen) atoms. The Kier molecular flexibility index (Phi) is 4.24. The maximum atomic E-state index is 13.0. The number of anilines is 1. The summed E-state index contributed by atoms with van der Waals surface area (Å²) in [4.78, 5) is 17.6. The second-order valence-electron chi connectivity index (χ2n) is 6.79. The maximum Gasteiger partial charge on any atom is 0.261 e. The lowest BCUT2D eigenvalue weighted by Gasteiger charge is -2.09. The van der Waals surface area contributed by atoms with Crippen molar-refractivity contribution in [2.45, 2.75) is 32.7 Å². The van der Waals surface area contributed by atoms with Crippen LogP contribution in [0.1, 0.15) is 40.9 Å². The number of nitrogens with zero attached hydrogens (tertiary/aromatic N) is 4. The number of fused-ring (bicyclic) bond motifs is 1. The van der Waals surface area contributed by atoms with Crippen LogP contribution in [0.15, 0.2) is 24.4 Å². The molecule has 0 radical (unpaired) electrons. The zero-order valence-corrected chi connectivity index (χ0v) is 15.3. The molecule has 1 N–H and O–H groups in total. The number of carbonyl (C=O) groups is 1. The van der Waals surface area contributed by atoms with Crippen LogP contribution in [0, 0.1) is 6.92 Å². The molecule has 4 rings (SSSR count). The Morgan fingerprint density at radius 1 is 1.42 bits per heavy atom. The summed E-state index contributed by atoms with van der Waals surface area (Å²) in [6.45, 7) is 6.14. The number of imidazole rings is 1. The second-order valence-corrected chi connectivity index (χ2v) is 6.79. The van der Waals surface area contributed by atoms with Gasteiger partial charge in [0, 0.05) is 32.3 Å². The van der Waals surface area contributed by atoms with E-state index in [-0.39, 0.29) is 11.8 Å². The molecule has 1 fully saturated rings. The van der Waals surface area contributed by atoms with Crippen molar-refractivity contribution in [1.82, 2.24) is 19.3 Å². The molecule has 1 aliphatic heterocycles. The van der Waals surface area contributed by atoms with Gasteiger partial charge in [-0.3, -0.25) is 14.8 Å². The van der Waals surface area contributed by atoms with Gasteiger partial charge in [-0.15, -0.1) is 0 Å². The third kappa shape index (κ3) is 2.88. The van der Waals surface area contributed by atoms with Crippen LogP contribution >= 0.6 is 0 Å². The number of hydrogen-bond donors (Lipinski definition) is 1. The third-order valence-corrected chi connectivity index (χ3v) is 4.86. The fraction of sp³-hybridized carbons (Fsp3) is 0.421. The van der Waals surface area contributed by atoms with E-state index in [1.54, 1.807) is 10.9 Å². The van der Waals surface area contributed by atoms with Crippen molar-refractivity contribution >= 4 is 22.9 Å². The summed E-state index contributed by atoms with van der Waals surface area (Å²) in [6.07, 6.45) is 2.66. The van der Waals surface area contributed by atoms with E-state index in [9.17, 15) is 4.79 Å². The minimum Gasteiger partial charge on any atom is -0.381 e. The number of ether oxygens (including phenoxy) is 1. The summed E-state index contributed by atoms with van der Waals surface area (Å²) in [5.74, 6) is 0.557. The molecule has 7 nitrogen and oxygen atoms in total. The van der Waals surface area contributed by atoms with Gasteiger partial charge in [0.25, 0.3) is 5.91 Å². The fourth-order valence-electron chi connectivity index (χ4n) is 3.56. The first-order valence-corrected chi connectivity index (χ1v) is 8.96. The molecule has 3 aromatic rings. The highest BCUT2D eigenvalue weighted by Crippen LogP contribution is 2.28. The molecule has 0 spiro atoms. The first-order valence-electron chi connectivity index (χ1n) is 8.96. The average Bonchev–Trinajstić information content (AvgIpc) is 3.31. The van der Waals surface area contributed by atoms with E-state index in [1.807, 2.05) is 37.6 Å². The number of hydrogen-bond acceptors (Lipinski definition) is 4. The molecule has 136 valence electrons. The highest BCUT2D eigenvalue weighted by Gasteiger charge is 2.27. The van der Waals surface area contributed by atoms with Gasteiger partial charge in [-0.05, 0) is 38.0 Å². The van der Waals surface area contributed by atoms with Crippen molar-refractivity contribution in [3.05, 3.63) is 41.2 Å². The van der Waals surface area contributed by atoms with Crippen molar-refractivity contribution in [3.8, 4) is 0 Å². The smallest absolute Gasteiger partial charge is 0.261 e. The summed E-state index contributed by atoms with van der Waals surface area (Å²) < 4.78 is 9.17. The molecule has 1 aliphatic rings. The van der Waals surface area contributed by atoms with Gasteiger partial charge in [0.05, 0.1) is 28.9 Å². The zero-order chi connectivity index (χ0) is 18.3. The standard InChI is InChI=1S/C19H23N5O2/c1-4-24-16-6-5-12(2)9-15(16)20-19(24)21-18(25)14-10-23(3)22-17(14)13-7-8-26-11-13/h5-6,9-10,13H,4,7-8,11H2,1-3H3,(H,20,21,25). The molecule has 1 amide bonds. The number of carbonyl (C=O) groups excluding carboxylic acids is 1. The van der Waals surface area contributed by atoms with E-state index in [1.165, 1.54) is 0 Å². The van der Waals surface area contributed by atoms with Crippen molar-refractivity contribution in [3.63, 3.8) is 0 Å². The van der Waals surface area contributed by atoms with Crippen molar-refractivity contribution in [2.24, 2.45) is 7.05 Å². The number of aromatic nitrogens is 4. The Hall–Kier alpha value is -2.67. The molecular weight excluding hydrogens is 330 g/mol. The summed E-state index contributed by atoms with van der Waals surface area (Å²) in [6, 6.07) is 6.13. The number of nitrogens with one attached hydrogen (secondary N) is 1. The molecule has 2 aromatic heterocycles. The van der Waals surface area contributed by atoms with Crippen LogP contribution < -0.4 is 5.32 Å². The highest BCUT2D eigenvalue weighted by molar-refractivity contribution is 6.05. The van der Waals surface area contributed by atoms with Crippen molar-refractivity contribution < 1.29 is 9.53 Å². The number of rotatable bonds is 4. The molecule has 1 saturated heterocycles. The van der Waals surface area contributed by atoms with Gasteiger partial charge >= 0.3 is 0 Å². The van der Waals surface area contributed by atoms with Gasteiger partial charge in [-0.2, -0.15) is 5.10 Å². The average molecular weight is 353 g/mol. The predicted molar refractivity (Wildman–Crippen MR) is 99.5 cm³/mol. The third-order valence-electron chi connectivity index (χ3n) is 4.86. The molecular formula is C19H23N5O2. The quantitative estimate of drug-likeness (QED) is 0.783. The van der Waals surface area contributed by atoms with E-state index in [0.29, 0.717) is 24.7 Å². The largest absolute Gasteiger partial charge is 0.381 e. The molecule has 0 saturated carbocycles. The van der Waals surface area contributed by atoms with Gasteiger partial charge in [0.15, 0.2) is 0 Å². The topological polar surface area (TPSA) is 74.0 Å². The first kappa shape index (κ1) is 16.8. The Morgan fingerprint density at radius 2 is 2.27 bits per heavy atom. The molecule has 0 aliphatic carbocycles. The lowest BCUT2D eigenvalue weighted by Crippen LogP contribution is -2.18. The lowest BCUT2D eigenvalue weighted by atomic mass is 10.0. The van der Waals surface area contributed by atoms with Crippen LogP contribution in [-0.2, 0) is 18.3 Å². The number of aryl methyl sites for hydroxylation is 3. The first-order chi connectivity index (χ1) is 12.6. The molecule has 3 heterocycles. The summed E-state index contributed by atoms with van der Waals surface area (Å²) in [5, 5.41) is 7.48. The van der Waals surface area contributed by atoms with Crippen LogP contribution in [0.4, 0.5) is 5.95 Å². The van der Waals surface area contributed by atoms with Gasteiger partial charge in [0.2, 0.25) is 5.95 Å². The monoisotopic (exact) mass is 353 g/mol. The van der Waals surface area contributed by atoms with Crippen LogP contribution in [0.3, 0.4) is 0 Å². The summed E-state index contributed by atoms with van der Waals surface area (Å²) >= 11 is 0. The number of amides is 1. The fourth-order valence-corrected chi connectivity index (χ4v) is 3.56. The van der Waals surface area contributed by atoms with Crippen LogP contribution in [0.5, 0.6) is 0 Å². The Bertz CT molecular complexity index is 966. The van der Waals surface area contributed by atoms with Gasteiger partial charge in [-0.25, -0.2) is 4.98 Å². The van der Waals surface area contributed by atoms with Crippen LogP contribution in [0.25, 0.3) is 11.0 Å². The SMILES string of the molecule is CCn1c(NC(=O)c2cn(C)nc2C2CCOC2)nc2cc(C)ccc21. The normalized spacial score (nSPS) is 17.1. The summed E-state index contributed by atoms with van der Waals surface area (Å²) in [7, 11) is 1.83. The van der Waals surface area contributed by atoms with E-state index in [2.05, 4.69) is 21.5 Å². The van der Waals surface area contributed by atoms with Gasteiger partial charge in [0.1, 0.15) is 0 Å². The van der Waals surface area contributed by atoms with E-state index in [0.717, 1.165) is 35.3 Å². The van der Waals surface area contributed by atoms with Gasteiger partial charge < -0.3 is 9.30 Å².